The number of rotatable bonds is 6. The van der Waals surface area contributed by atoms with Crippen molar-refractivity contribution in [3.8, 4) is 5.75 Å². The number of morpholine rings is 1. The maximum absolute atomic E-state index is 15.4. The second kappa shape index (κ2) is 9.52. The summed E-state index contributed by atoms with van der Waals surface area (Å²) in [5.41, 5.74) is -0.487. The molecule has 1 unspecified atom stereocenters. The number of carbonyl (C=O) groups excluding carboxylic acids is 3. The van der Waals surface area contributed by atoms with Crippen molar-refractivity contribution in [2.75, 3.05) is 26.3 Å². The number of amides is 3. The number of nitrogens with one attached hydrogen (secondary N) is 1. The average molecular weight is 474 g/mol. The van der Waals surface area contributed by atoms with Gasteiger partial charge in [-0.1, -0.05) is 18.1 Å². The zero-order valence-corrected chi connectivity index (χ0v) is 18.3. The Labute approximate surface area is 205 Å². The maximum Gasteiger partial charge on any atom is 0.255 e. The lowest BCUT2D eigenvalue weighted by Crippen LogP contribution is -2.52. The highest BCUT2D eigenvalue weighted by molar-refractivity contribution is 6.05. The summed E-state index contributed by atoms with van der Waals surface area (Å²) in [6.45, 7) is 1.25. The molecule has 5 rings (SSSR count). The number of hydrogen-bond acceptors (Lipinski definition) is 6. The summed E-state index contributed by atoms with van der Waals surface area (Å²) in [5, 5.41) is 2.17. The monoisotopic (exact) mass is 473 g/mol. The smallest absolute Gasteiger partial charge is 0.255 e. The van der Waals surface area contributed by atoms with Crippen molar-refractivity contribution >= 4 is 17.7 Å². The first-order chi connectivity index (χ1) is 19.0. The molecule has 34 heavy (non-hydrogen) atoms. The summed E-state index contributed by atoms with van der Waals surface area (Å²) >= 11 is 0. The summed E-state index contributed by atoms with van der Waals surface area (Å²) in [6.07, 6.45) is 0.0805. The van der Waals surface area contributed by atoms with E-state index in [1.165, 1.54) is 0 Å². The van der Waals surface area contributed by atoms with E-state index in [1.54, 1.807) is 0 Å². The lowest BCUT2D eigenvalue weighted by molar-refractivity contribution is -0.136. The van der Waals surface area contributed by atoms with Gasteiger partial charge in [0.1, 0.15) is 24.2 Å². The first kappa shape index (κ1) is 16.3. The molecule has 8 nitrogen and oxygen atoms in total. The van der Waals surface area contributed by atoms with E-state index in [1.807, 2.05) is 4.90 Å². The van der Waals surface area contributed by atoms with E-state index in [2.05, 4.69) is 5.32 Å². The lowest BCUT2D eigenvalue weighted by Gasteiger charge is -2.29. The molecule has 0 bridgehead atoms. The highest BCUT2D eigenvalue weighted by atomic mass is 19.1. The first-order valence-corrected chi connectivity index (χ1v) is 11.0. The molecule has 2 fully saturated rings. The SMILES string of the molecule is [2H]c1c([2H])c(OCc2c([2H])c([2H])c(CN3CCOCC3)c([2H])c2F)c2c(c1[2H])C(=O)N(C1CCC(=O)NC1=O)C2. The van der Waals surface area contributed by atoms with E-state index in [4.69, 9.17) is 17.7 Å². The zero-order chi connectivity index (χ0) is 28.9. The Morgan fingerprint density at radius 3 is 2.79 bits per heavy atom. The van der Waals surface area contributed by atoms with Crippen LogP contribution in [-0.2, 0) is 34.0 Å². The van der Waals surface area contributed by atoms with Crippen LogP contribution in [-0.4, -0.2) is 59.9 Å². The molecule has 2 aromatic rings. The van der Waals surface area contributed by atoms with Crippen molar-refractivity contribution in [3.05, 3.63) is 64.3 Å². The van der Waals surface area contributed by atoms with Crippen LogP contribution >= 0.6 is 0 Å². The number of imide groups is 1. The fourth-order valence-electron chi connectivity index (χ4n) is 4.24. The second-order valence-corrected chi connectivity index (χ2v) is 8.28. The van der Waals surface area contributed by atoms with E-state index in [9.17, 15) is 14.4 Å². The normalized spacial score (nSPS) is 23.4. The lowest BCUT2D eigenvalue weighted by atomic mass is 10.0. The minimum Gasteiger partial charge on any atom is -0.488 e. The number of ether oxygens (including phenoxy) is 2. The van der Waals surface area contributed by atoms with Gasteiger partial charge in [-0.3, -0.25) is 24.6 Å². The van der Waals surface area contributed by atoms with Gasteiger partial charge in [0.2, 0.25) is 11.8 Å². The molecule has 0 spiro atoms. The Bertz CT molecular complexity index is 1410. The molecule has 178 valence electrons. The third-order valence-electron chi connectivity index (χ3n) is 6.07. The Morgan fingerprint density at radius 2 is 2.00 bits per heavy atom. The van der Waals surface area contributed by atoms with Crippen LogP contribution in [0.2, 0.25) is 0 Å². The van der Waals surface area contributed by atoms with Gasteiger partial charge >= 0.3 is 0 Å². The molecule has 2 aromatic carbocycles. The molecule has 3 heterocycles. The second-order valence-electron chi connectivity index (χ2n) is 8.28. The average Bonchev–Trinajstić information content (AvgIpc) is 3.27. The maximum atomic E-state index is 15.4. The summed E-state index contributed by atoms with van der Waals surface area (Å²) < 4.78 is 76.3. The van der Waals surface area contributed by atoms with Gasteiger partial charge in [0.05, 0.1) is 28.0 Å². The third-order valence-corrected chi connectivity index (χ3v) is 6.07. The Balaban J connectivity index is 1.45. The molecular weight excluding hydrogens is 441 g/mol. The van der Waals surface area contributed by atoms with Crippen molar-refractivity contribution in [1.82, 2.24) is 15.1 Å². The predicted octanol–water partition coefficient (Wildman–Crippen LogP) is 2.00. The van der Waals surface area contributed by atoms with Crippen molar-refractivity contribution < 1.29 is 36.5 Å². The van der Waals surface area contributed by atoms with E-state index < -0.39 is 66.4 Å². The van der Waals surface area contributed by atoms with E-state index in [0.717, 1.165) is 4.90 Å². The Hall–Kier alpha value is -3.30. The molecule has 3 amide bonds. The number of fused-ring (bicyclic) bond motifs is 1. The molecule has 0 radical (unpaired) electrons. The molecule has 3 aliphatic heterocycles. The molecule has 2 saturated heterocycles. The van der Waals surface area contributed by atoms with Gasteiger partial charge in [-0.2, -0.15) is 0 Å². The van der Waals surface area contributed by atoms with Crippen LogP contribution in [0.1, 0.15) is 48.1 Å². The van der Waals surface area contributed by atoms with E-state index in [0.29, 0.717) is 26.3 Å². The largest absolute Gasteiger partial charge is 0.488 e. The van der Waals surface area contributed by atoms with Gasteiger partial charge < -0.3 is 14.4 Å². The number of carbonyl (C=O) groups is 3. The first-order valence-electron chi connectivity index (χ1n) is 14.0. The van der Waals surface area contributed by atoms with Crippen LogP contribution in [0, 0.1) is 5.82 Å². The summed E-state index contributed by atoms with van der Waals surface area (Å²) in [4.78, 5) is 40.2. The zero-order valence-electron chi connectivity index (χ0n) is 24.3. The van der Waals surface area contributed by atoms with Gasteiger partial charge in [-0.25, -0.2) is 4.39 Å². The highest BCUT2D eigenvalue weighted by Crippen LogP contribution is 2.34. The number of hydrogen-bond donors (Lipinski definition) is 1. The summed E-state index contributed by atoms with van der Waals surface area (Å²) in [6, 6.07) is -4.00. The van der Waals surface area contributed by atoms with Crippen molar-refractivity contribution in [3.63, 3.8) is 0 Å². The number of nitrogens with zero attached hydrogens (tertiary/aromatic N) is 2. The minimum absolute atomic E-state index is 0.0129. The number of halogens is 1. The van der Waals surface area contributed by atoms with Crippen LogP contribution in [0.15, 0.2) is 36.3 Å². The summed E-state index contributed by atoms with van der Waals surface area (Å²) in [5.74, 6) is -3.20. The van der Waals surface area contributed by atoms with Gasteiger partial charge in [-0.05, 0) is 30.1 Å². The Morgan fingerprint density at radius 1 is 1.18 bits per heavy atom. The van der Waals surface area contributed by atoms with Crippen LogP contribution < -0.4 is 10.1 Å². The Kier molecular flexibility index (Phi) is 4.58. The van der Waals surface area contributed by atoms with Crippen molar-refractivity contribution in [1.29, 1.82) is 0 Å². The highest BCUT2D eigenvalue weighted by Gasteiger charge is 2.40. The fraction of sp³-hybridized carbons (Fsp3) is 0.400. The van der Waals surface area contributed by atoms with Gasteiger partial charge in [-0.15, -0.1) is 0 Å². The molecular formula is C25H26FN3O5. The van der Waals surface area contributed by atoms with Crippen molar-refractivity contribution in [2.24, 2.45) is 0 Å². The van der Waals surface area contributed by atoms with Crippen LogP contribution in [0.4, 0.5) is 4.39 Å². The fourth-order valence-corrected chi connectivity index (χ4v) is 4.24. The molecule has 0 saturated carbocycles. The molecule has 9 heteroatoms. The summed E-state index contributed by atoms with van der Waals surface area (Å²) in [7, 11) is 0. The third kappa shape index (κ3) is 4.53. The quantitative estimate of drug-likeness (QED) is 0.646. The van der Waals surface area contributed by atoms with Gasteiger partial charge in [0.15, 0.2) is 0 Å². The van der Waals surface area contributed by atoms with Gasteiger partial charge in [0, 0.05) is 42.7 Å². The molecule has 0 aliphatic carbocycles. The topological polar surface area (TPSA) is 88.2 Å². The van der Waals surface area contributed by atoms with Gasteiger partial charge in [0.25, 0.3) is 5.91 Å². The molecule has 0 aromatic heterocycles. The predicted molar refractivity (Wildman–Crippen MR) is 119 cm³/mol. The molecule has 1 atom stereocenters. The number of piperidine rings is 1. The van der Waals surface area contributed by atoms with E-state index >= 15 is 4.39 Å². The minimum atomic E-state index is -1.04. The molecule has 1 N–H and O–H groups in total. The van der Waals surface area contributed by atoms with Crippen LogP contribution in [0.3, 0.4) is 0 Å². The van der Waals surface area contributed by atoms with Crippen molar-refractivity contribution in [2.45, 2.75) is 38.6 Å². The van der Waals surface area contributed by atoms with E-state index in [-0.39, 0.29) is 60.0 Å². The molecule has 3 aliphatic rings. The van der Waals surface area contributed by atoms with Crippen LogP contribution in [0.5, 0.6) is 5.75 Å². The standard InChI is InChI=1S/C25H26FN3O5/c26-20-12-16(13-28-8-10-33-11-9-28)4-5-17(20)15-34-22-3-1-2-18-19(22)14-29(25(18)32)21-6-7-23(30)27-24(21)31/h1-5,12,21H,6-11,13-15H2,(H,27,30,31)/i1D,2D,3D,4D,5D,12D. The van der Waals surface area contributed by atoms with Crippen LogP contribution in [0.25, 0.3) is 0 Å². The number of benzene rings is 2.